The number of hydrogen-bond donors (Lipinski definition) is 1. The summed E-state index contributed by atoms with van der Waals surface area (Å²) < 4.78 is 0. The number of likely N-dealkylation sites (tertiary alicyclic amines) is 1. The number of carbonyl (C=O) groups excluding carboxylic acids is 1. The van der Waals surface area contributed by atoms with Crippen LogP contribution in [0.25, 0.3) is 17.0 Å². The maximum atomic E-state index is 13.0. The first-order valence-corrected chi connectivity index (χ1v) is 12.8. The van der Waals surface area contributed by atoms with Gasteiger partial charge in [-0.25, -0.2) is 4.98 Å². The second-order valence-electron chi connectivity index (χ2n) is 8.95. The topological polar surface area (TPSA) is 58.1 Å². The Balaban J connectivity index is 1.32. The van der Waals surface area contributed by atoms with Gasteiger partial charge in [0.15, 0.2) is 0 Å². The highest BCUT2D eigenvalue weighted by atomic mass is 35.5. The van der Waals surface area contributed by atoms with Gasteiger partial charge in [-0.2, -0.15) is 0 Å². The van der Waals surface area contributed by atoms with Gasteiger partial charge in [-0.15, -0.1) is 0 Å². The number of aromatic nitrogens is 2. The van der Waals surface area contributed by atoms with Crippen molar-refractivity contribution in [3.8, 4) is 0 Å². The van der Waals surface area contributed by atoms with Crippen LogP contribution in [0.3, 0.4) is 0 Å². The molecule has 182 valence electrons. The lowest BCUT2D eigenvalue weighted by Gasteiger charge is -2.32. The Labute approximate surface area is 220 Å². The molecule has 5 rings (SSSR count). The Morgan fingerprint density at radius 3 is 2.58 bits per heavy atom. The van der Waals surface area contributed by atoms with E-state index in [-0.39, 0.29) is 5.91 Å². The molecule has 2 aromatic carbocycles. The Morgan fingerprint density at radius 2 is 1.81 bits per heavy atom. The van der Waals surface area contributed by atoms with E-state index in [1.807, 2.05) is 48.7 Å². The molecular formula is C29H26Cl2N4O. The molecule has 1 aliphatic heterocycles. The van der Waals surface area contributed by atoms with Crippen molar-refractivity contribution in [3.63, 3.8) is 0 Å². The standard InChI is InChI=1S/C29H26Cl2N4O/c30-24-8-5-20(6-9-24)3-2-16-35-17-12-21(13-18-35)27-25(10-7-22-4-1-14-33-28(22)27)34-29(36)23-11-15-32-26(31)19-23/h1-11,14-15,19,21H,12-13,16-18H2,(H,34,36). The highest BCUT2D eigenvalue weighted by molar-refractivity contribution is 6.30. The molecule has 5 nitrogen and oxygen atoms in total. The molecule has 0 bridgehead atoms. The number of carbonyl (C=O) groups is 1. The first-order valence-electron chi connectivity index (χ1n) is 12.0. The summed E-state index contributed by atoms with van der Waals surface area (Å²) in [4.78, 5) is 24.1. The van der Waals surface area contributed by atoms with E-state index < -0.39 is 0 Å². The van der Waals surface area contributed by atoms with E-state index in [4.69, 9.17) is 28.2 Å². The summed E-state index contributed by atoms with van der Waals surface area (Å²) in [6.45, 7) is 2.86. The fourth-order valence-corrected chi connectivity index (χ4v) is 5.04. The molecule has 36 heavy (non-hydrogen) atoms. The number of nitrogens with zero attached hydrogens (tertiary/aromatic N) is 3. The molecule has 1 fully saturated rings. The Kier molecular flexibility index (Phi) is 7.61. The quantitative estimate of drug-likeness (QED) is 0.278. The van der Waals surface area contributed by atoms with Crippen molar-refractivity contribution in [1.82, 2.24) is 14.9 Å². The van der Waals surface area contributed by atoms with Crippen LogP contribution in [-0.4, -0.2) is 40.4 Å². The van der Waals surface area contributed by atoms with Crippen molar-refractivity contribution in [3.05, 3.63) is 106 Å². The maximum absolute atomic E-state index is 13.0. The first-order chi connectivity index (χ1) is 17.6. The summed E-state index contributed by atoms with van der Waals surface area (Å²) >= 11 is 12.0. The van der Waals surface area contributed by atoms with Crippen molar-refractivity contribution in [2.45, 2.75) is 18.8 Å². The maximum Gasteiger partial charge on any atom is 0.255 e. The van der Waals surface area contributed by atoms with Gasteiger partial charge in [-0.05, 0) is 73.8 Å². The number of amides is 1. The van der Waals surface area contributed by atoms with Gasteiger partial charge in [-0.1, -0.05) is 59.6 Å². The summed E-state index contributed by atoms with van der Waals surface area (Å²) in [5.74, 6) is 0.0945. The number of nitrogens with one attached hydrogen (secondary N) is 1. The van der Waals surface area contributed by atoms with E-state index in [0.29, 0.717) is 16.6 Å². The minimum Gasteiger partial charge on any atom is -0.322 e. The number of halogens is 2. The van der Waals surface area contributed by atoms with E-state index in [2.05, 4.69) is 33.4 Å². The molecule has 1 N–H and O–H groups in total. The second kappa shape index (κ2) is 11.2. The summed E-state index contributed by atoms with van der Waals surface area (Å²) in [5, 5.41) is 5.23. The Hall–Kier alpha value is -3.25. The van der Waals surface area contributed by atoms with Crippen molar-refractivity contribution >= 4 is 51.8 Å². The lowest BCUT2D eigenvalue weighted by molar-refractivity contribution is 0.102. The van der Waals surface area contributed by atoms with Gasteiger partial charge >= 0.3 is 0 Å². The lowest BCUT2D eigenvalue weighted by Crippen LogP contribution is -2.33. The monoisotopic (exact) mass is 516 g/mol. The van der Waals surface area contributed by atoms with E-state index in [1.165, 1.54) is 6.20 Å². The highest BCUT2D eigenvalue weighted by Gasteiger charge is 2.25. The molecule has 7 heteroatoms. The Bertz CT molecular complexity index is 1400. The largest absolute Gasteiger partial charge is 0.322 e. The molecule has 2 aromatic heterocycles. The van der Waals surface area contributed by atoms with E-state index in [1.54, 1.807) is 12.1 Å². The van der Waals surface area contributed by atoms with Gasteiger partial charge in [0.05, 0.1) is 5.52 Å². The molecule has 0 radical (unpaired) electrons. The third-order valence-electron chi connectivity index (χ3n) is 6.59. The minimum absolute atomic E-state index is 0.208. The molecular weight excluding hydrogens is 491 g/mol. The summed E-state index contributed by atoms with van der Waals surface area (Å²) in [7, 11) is 0. The van der Waals surface area contributed by atoms with E-state index in [0.717, 1.165) is 65.2 Å². The molecule has 1 aliphatic rings. The van der Waals surface area contributed by atoms with Gasteiger partial charge in [0.2, 0.25) is 0 Å². The summed E-state index contributed by atoms with van der Waals surface area (Å²) in [6, 6.07) is 19.1. The fourth-order valence-electron chi connectivity index (χ4n) is 4.74. The third kappa shape index (κ3) is 5.76. The van der Waals surface area contributed by atoms with Crippen molar-refractivity contribution in [2.75, 3.05) is 25.0 Å². The summed E-state index contributed by atoms with van der Waals surface area (Å²) in [5.41, 5.74) is 4.48. The first kappa shape index (κ1) is 24.4. The number of hydrogen-bond acceptors (Lipinski definition) is 4. The molecule has 0 aliphatic carbocycles. The van der Waals surface area contributed by atoms with Crippen LogP contribution in [0.15, 0.2) is 79.1 Å². The van der Waals surface area contributed by atoms with Crippen molar-refractivity contribution in [2.24, 2.45) is 0 Å². The van der Waals surface area contributed by atoms with Crippen molar-refractivity contribution in [1.29, 1.82) is 0 Å². The molecule has 0 unspecified atom stereocenters. The van der Waals surface area contributed by atoms with E-state index in [9.17, 15) is 4.79 Å². The molecule has 1 amide bonds. The number of piperidine rings is 1. The number of anilines is 1. The van der Waals surface area contributed by atoms with Crippen LogP contribution >= 0.6 is 23.2 Å². The van der Waals surface area contributed by atoms with Crippen LogP contribution in [0.5, 0.6) is 0 Å². The van der Waals surface area contributed by atoms with Crippen LogP contribution in [0, 0.1) is 0 Å². The van der Waals surface area contributed by atoms with Crippen LogP contribution in [0.4, 0.5) is 5.69 Å². The lowest BCUT2D eigenvalue weighted by atomic mass is 9.86. The van der Waals surface area contributed by atoms with Gasteiger partial charge in [0.1, 0.15) is 5.15 Å². The minimum atomic E-state index is -0.208. The fraction of sp³-hybridized carbons (Fsp3) is 0.207. The van der Waals surface area contributed by atoms with Crippen LogP contribution < -0.4 is 5.32 Å². The average Bonchev–Trinajstić information content (AvgIpc) is 2.90. The van der Waals surface area contributed by atoms with Gasteiger partial charge < -0.3 is 5.32 Å². The molecule has 0 atom stereocenters. The number of rotatable bonds is 6. The molecule has 0 spiro atoms. The zero-order chi connectivity index (χ0) is 24.9. The van der Waals surface area contributed by atoms with E-state index >= 15 is 0 Å². The van der Waals surface area contributed by atoms with Crippen LogP contribution in [0.2, 0.25) is 10.2 Å². The summed E-state index contributed by atoms with van der Waals surface area (Å²) in [6.07, 6.45) is 9.68. The molecule has 3 heterocycles. The number of fused-ring (bicyclic) bond motifs is 1. The molecule has 1 saturated heterocycles. The number of pyridine rings is 2. The molecule has 0 saturated carbocycles. The molecule has 4 aromatic rings. The average molecular weight is 517 g/mol. The van der Waals surface area contributed by atoms with Gasteiger partial charge in [-0.3, -0.25) is 14.7 Å². The predicted octanol–water partition coefficient (Wildman–Crippen LogP) is 7.08. The van der Waals surface area contributed by atoms with Gasteiger partial charge in [0.25, 0.3) is 5.91 Å². The Morgan fingerprint density at radius 1 is 1.00 bits per heavy atom. The van der Waals surface area contributed by atoms with Gasteiger partial charge in [0, 0.05) is 46.2 Å². The second-order valence-corrected chi connectivity index (χ2v) is 9.78. The third-order valence-corrected chi connectivity index (χ3v) is 7.05. The van der Waals surface area contributed by atoms with Crippen molar-refractivity contribution < 1.29 is 4.79 Å². The van der Waals surface area contributed by atoms with Crippen LogP contribution in [0.1, 0.15) is 40.2 Å². The van der Waals surface area contributed by atoms with Crippen LogP contribution in [-0.2, 0) is 0 Å². The normalized spacial score (nSPS) is 14.9. The zero-order valence-corrected chi connectivity index (χ0v) is 21.2. The SMILES string of the molecule is O=C(Nc1ccc2cccnc2c1C1CCN(CC=Cc2ccc(Cl)cc2)CC1)c1ccnc(Cl)c1. The predicted molar refractivity (Wildman–Crippen MR) is 148 cm³/mol. The zero-order valence-electron chi connectivity index (χ0n) is 19.7. The smallest absolute Gasteiger partial charge is 0.255 e. The number of benzene rings is 2. The highest BCUT2D eigenvalue weighted by Crippen LogP contribution is 2.37.